The number of nitrogens with zero attached hydrogens (tertiary/aromatic N) is 3. The molecule has 5 heteroatoms. The van der Waals surface area contributed by atoms with E-state index in [2.05, 4.69) is 4.98 Å². The van der Waals surface area contributed by atoms with Crippen LogP contribution in [-0.2, 0) is 6.54 Å². The van der Waals surface area contributed by atoms with Gasteiger partial charge >= 0.3 is 0 Å². The topological polar surface area (TPSA) is 58.7 Å². The average molecular weight is 234 g/mol. The summed E-state index contributed by atoms with van der Waals surface area (Å²) in [5.41, 5.74) is 0.769. The van der Waals surface area contributed by atoms with Crippen LogP contribution in [0.15, 0.2) is 23.1 Å². The Labute approximate surface area is 96.7 Å². The van der Waals surface area contributed by atoms with Gasteiger partial charge in [-0.1, -0.05) is 11.6 Å². The van der Waals surface area contributed by atoms with E-state index in [9.17, 15) is 4.79 Å². The fourth-order valence-electron chi connectivity index (χ4n) is 1.68. The van der Waals surface area contributed by atoms with E-state index in [4.69, 9.17) is 16.9 Å². The van der Waals surface area contributed by atoms with Crippen LogP contribution in [0, 0.1) is 11.3 Å². The van der Waals surface area contributed by atoms with Crippen molar-refractivity contribution in [2.24, 2.45) is 0 Å². The van der Waals surface area contributed by atoms with Gasteiger partial charge in [-0.05, 0) is 13.0 Å². The summed E-state index contributed by atoms with van der Waals surface area (Å²) in [4.78, 5) is 15.5. The Morgan fingerprint density at radius 3 is 2.94 bits per heavy atom. The molecule has 80 valence electrons. The second-order valence-corrected chi connectivity index (χ2v) is 3.61. The number of nitriles is 1. The highest BCUT2D eigenvalue weighted by Gasteiger charge is 2.10. The molecule has 0 atom stereocenters. The molecular formula is C11H8ClN3O. The lowest BCUT2D eigenvalue weighted by Crippen LogP contribution is -2.19. The summed E-state index contributed by atoms with van der Waals surface area (Å²) in [5, 5.41) is 9.92. The highest BCUT2D eigenvalue weighted by molar-refractivity contribution is 6.34. The molecule has 16 heavy (non-hydrogen) atoms. The monoisotopic (exact) mass is 233 g/mol. The minimum atomic E-state index is -0.145. The molecule has 0 aliphatic rings. The SMILES string of the molecule is CCn1c(=O)ccc2c(Cl)ncc(C#N)c21. The normalized spacial score (nSPS) is 10.3. The van der Waals surface area contributed by atoms with Crippen molar-refractivity contribution in [2.45, 2.75) is 13.5 Å². The third-order valence-electron chi connectivity index (χ3n) is 2.40. The predicted molar refractivity (Wildman–Crippen MR) is 61.4 cm³/mol. The first-order valence-corrected chi connectivity index (χ1v) is 5.15. The molecule has 0 radical (unpaired) electrons. The second kappa shape index (κ2) is 3.95. The lowest BCUT2D eigenvalue weighted by atomic mass is 10.2. The molecule has 0 aliphatic carbocycles. The lowest BCUT2D eigenvalue weighted by Gasteiger charge is -2.09. The van der Waals surface area contributed by atoms with Gasteiger partial charge in [0.2, 0.25) is 0 Å². The Morgan fingerprint density at radius 2 is 2.31 bits per heavy atom. The molecular weight excluding hydrogens is 226 g/mol. The van der Waals surface area contributed by atoms with Crippen LogP contribution in [0.1, 0.15) is 12.5 Å². The maximum absolute atomic E-state index is 11.6. The summed E-state index contributed by atoms with van der Waals surface area (Å²) in [6.07, 6.45) is 1.39. The molecule has 0 fully saturated rings. The van der Waals surface area contributed by atoms with E-state index in [1.54, 1.807) is 6.07 Å². The van der Waals surface area contributed by atoms with E-state index < -0.39 is 0 Å². The zero-order chi connectivity index (χ0) is 11.7. The van der Waals surface area contributed by atoms with Crippen molar-refractivity contribution in [3.63, 3.8) is 0 Å². The molecule has 0 N–H and O–H groups in total. The van der Waals surface area contributed by atoms with Crippen LogP contribution in [-0.4, -0.2) is 9.55 Å². The van der Waals surface area contributed by atoms with Crippen molar-refractivity contribution in [3.8, 4) is 6.07 Å². The van der Waals surface area contributed by atoms with Crippen LogP contribution in [0.4, 0.5) is 0 Å². The van der Waals surface area contributed by atoms with Crippen LogP contribution < -0.4 is 5.56 Å². The van der Waals surface area contributed by atoms with Crippen molar-refractivity contribution in [3.05, 3.63) is 39.4 Å². The van der Waals surface area contributed by atoms with Crippen LogP contribution in [0.5, 0.6) is 0 Å². The van der Waals surface area contributed by atoms with Gasteiger partial charge in [0.05, 0.1) is 11.1 Å². The highest BCUT2D eigenvalue weighted by Crippen LogP contribution is 2.22. The number of rotatable bonds is 1. The molecule has 4 nitrogen and oxygen atoms in total. The molecule has 0 unspecified atom stereocenters. The zero-order valence-corrected chi connectivity index (χ0v) is 9.32. The fourth-order valence-corrected chi connectivity index (χ4v) is 1.89. The van der Waals surface area contributed by atoms with E-state index in [1.165, 1.54) is 16.8 Å². The Kier molecular flexibility index (Phi) is 2.63. The number of halogens is 1. The lowest BCUT2D eigenvalue weighted by molar-refractivity contribution is 0.758. The summed E-state index contributed by atoms with van der Waals surface area (Å²) in [6, 6.07) is 5.05. The van der Waals surface area contributed by atoms with Gasteiger partial charge in [-0.3, -0.25) is 4.79 Å². The predicted octanol–water partition coefficient (Wildman–Crippen LogP) is 1.94. The van der Waals surface area contributed by atoms with Gasteiger partial charge in [-0.15, -0.1) is 0 Å². The Hall–Kier alpha value is -1.86. The average Bonchev–Trinajstić information content (AvgIpc) is 2.29. The van der Waals surface area contributed by atoms with Gasteiger partial charge in [0, 0.05) is 24.2 Å². The fraction of sp³-hybridized carbons (Fsp3) is 0.182. The quantitative estimate of drug-likeness (QED) is 0.708. The number of pyridine rings is 2. The highest BCUT2D eigenvalue weighted by atomic mass is 35.5. The van der Waals surface area contributed by atoms with E-state index in [-0.39, 0.29) is 5.56 Å². The van der Waals surface area contributed by atoms with Crippen molar-refractivity contribution in [2.75, 3.05) is 0 Å². The van der Waals surface area contributed by atoms with E-state index in [0.29, 0.717) is 28.2 Å². The molecule has 0 saturated carbocycles. The third kappa shape index (κ3) is 1.46. The van der Waals surface area contributed by atoms with Gasteiger partial charge < -0.3 is 4.57 Å². The number of fused-ring (bicyclic) bond motifs is 1. The molecule has 2 heterocycles. The number of aryl methyl sites for hydroxylation is 1. The van der Waals surface area contributed by atoms with Crippen LogP contribution in [0.3, 0.4) is 0 Å². The van der Waals surface area contributed by atoms with Gasteiger partial charge in [0.15, 0.2) is 0 Å². The zero-order valence-electron chi connectivity index (χ0n) is 8.57. The van der Waals surface area contributed by atoms with Crippen molar-refractivity contribution < 1.29 is 0 Å². The molecule has 0 amide bonds. The Bertz CT molecular complexity index is 655. The summed E-state index contributed by atoms with van der Waals surface area (Å²) >= 11 is 5.93. The van der Waals surface area contributed by atoms with Crippen LogP contribution in [0.25, 0.3) is 10.9 Å². The first-order valence-electron chi connectivity index (χ1n) is 4.77. The minimum Gasteiger partial charge on any atom is -0.307 e. The molecule has 0 spiro atoms. The van der Waals surface area contributed by atoms with Crippen molar-refractivity contribution >= 4 is 22.5 Å². The van der Waals surface area contributed by atoms with Gasteiger partial charge in [0.25, 0.3) is 5.56 Å². The Balaban J connectivity index is 3.07. The summed E-state index contributed by atoms with van der Waals surface area (Å²) in [6.45, 7) is 2.33. The first-order chi connectivity index (χ1) is 7.69. The molecule has 0 aliphatic heterocycles. The third-order valence-corrected chi connectivity index (χ3v) is 2.71. The maximum Gasteiger partial charge on any atom is 0.251 e. The first kappa shape index (κ1) is 10.7. The largest absolute Gasteiger partial charge is 0.307 e. The summed E-state index contributed by atoms with van der Waals surface area (Å²) < 4.78 is 1.52. The number of aromatic nitrogens is 2. The minimum absolute atomic E-state index is 0.145. The summed E-state index contributed by atoms with van der Waals surface area (Å²) in [7, 11) is 0. The molecule has 0 aromatic carbocycles. The molecule has 2 rings (SSSR count). The molecule has 0 saturated heterocycles. The van der Waals surface area contributed by atoms with E-state index in [1.807, 2.05) is 13.0 Å². The van der Waals surface area contributed by atoms with Crippen molar-refractivity contribution in [1.82, 2.24) is 9.55 Å². The number of hydrogen-bond acceptors (Lipinski definition) is 3. The maximum atomic E-state index is 11.6. The molecule has 2 aromatic rings. The van der Waals surface area contributed by atoms with E-state index in [0.717, 1.165) is 0 Å². The standard InChI is InChI=1S/C11H8ClN3O/c1-2-15-9(16)4-3-8-10(15)7(5-13)6-14-11(8)12/h3-4,6H,2H2,1H3. The smallest absolute Gasteiger partial charge is 0.251 e. The Morgan fingerprint density at radius 1 is 1.56 bits per heavy atom. The second-order valence-electron chi connectivity index (χ2n) is 3.25. The van der Waals surface area contributed by atoms with Crippen LogP contribution in [0.2, 0.25) is 5.15 Å². The molecule has 2 aromatic heterocycles. The number of hydrogen-bond donors (Lipinski definition) is 0. The molecule has 0 bridgehead atoms. The van der Waals surface area contributed by atoms with Gasteiger partial charge in [0.1, 0.15) is 11.2 Å². The van der Waals surface area contributed by atoms with Gasteiger partial charge in [-0.2, -0.15) is 5.26 Å². The van der Waals surface area contributed by atoms with Crippen LogP contribution >= 0.6 is 11.6 Å². The summed E-state index contributed by atoms with van der Waals surface area (Å²) in [5.74, 6) is 0. The van der Waals surface area contributed by atoms with Gasteiger partial charge in [-0.25, -0.2) is 4.98 Å². The van der Waals surface area contributed by atoms with Crippen molar-refractivity contribution in [1.29, 1.82) is 5.26 Å². The van der Waals surface area contributed by atoms with E-state index >= 15 is 0 Å².